The number of carbonyl (C=O) groups is 1. The first-order valence-electron chi connectivity index (χ1n) is 4.52. The summed E-state index contributed by atoms with van der Waals surface area (Å²) in [5.41, 5.74) is 2.15. The zero-order chi connectivity index (χ0) is 10.8. The summed E-state index contributed by atoms with van der Waals surface area (Å²) in [5.74, 6) is 0. The van der Waals surface area contributed by atoms with Crippen LogP contribution in [-0.4, -0.2) is 6.29 Å². The van der Waals surface area contributed by atoms with E-state index in [1.54, 1.807) is 0 Å². The van der Waals surface area contributed by atoms with Gasteiger partial charge < -0.3 is 0 Å². The zero-order valence-corrected chi connectivity index (χ0v) is 9.73. The van der Waals surface area contributed by atoms with Gasteiger partial charge in [-0.05, 0) is 36.2 Å². The van der Waals surface area contributed by atoms with Crippen molar-refractivity contribution in [2.45, 2.75) is 6.92 Å². The molecule has 1 aromatic carbocycles. The summed E-state index contributed by atoms with van der Waals surface area (Å²) in [6.45, 7) is 2.01. The van der Waals surface area contributed by atoms with Gasteiger partial charge in [0.1, 0.15) is 0 Å². The molecule has 0 spiro atoms. The van der Waals surface area contributed by atoms with Crippen LogP contribution < -0.4 is 0 Å². The molecule has 3 heteroatoms. The Bertz CT molecular complexity index is 502. The molecule has 0 atom stereocenters. The fourth-order valence-electron chi connectivity index (χ4n) is 1.51. The van der Waals surface area contributed by atoms with E-state index in [0.717, 1.165) is 27.2 Å². The lowest BCUT2D eigenvalue weighted by molar-refractivity contribution is 0.112. The van der Waals surface area contributed by atoms with E-state index in [4.69, 9.17) is 11.6 Å². The van der Waals surface area contributed by atoms with Crippen LogP contribution in [0.1, 0.15) is 14.5 Å². The number of rotatable bonds is 2. The molecule has 0 amide bonds. The normalized spacial score (nSPS) is 10.3. The van der Waals surface area contributed by atoms with Gasteiger partial charge in [-0.2, -0.15) is 0 Å². The first kappa shape index (κ1) is 10.4. The predicted molar refractivity (Wildman–Crippen MR) is 64.9 cm³/mol. The Hall–Kier alpha value is -1.12. The van der Waals surface area contributed by atoms with Crippen LogP contribution in [-0.2, 0) is 0 Å². The summed E-state index contributed by atoms with van der Waals surface area (Å²) in [7, 11) is 0. The topological polar surface area (TPSA) is 17.1 Å². The largest absolute Gasteiger partial charge is 0.297 e. The molecule has 1 nitrogen and oxygen atoms in total. The van der Waals surface area contributed by atoms with Crippen LogP contribution in [0.2, 0.25) is 5.02 Å². The van der Waals surface area contributed by atoms with Gasteiger partial charge >= 0.3 is 0 Å². The summed E-state index contributed by atoms with van der Waals surface area (Å²) in [6.07, 6.45) is 0.881. The Morgan fingerprint density at radius 1 is 1.33 bits per heavy atom. The first-order chi connectivity index (χ1) is 7.20. The summed E-state index contributed by atoms with van der Waals surface area (Å²) in [4.78, 5) is 12.5. The number of thiophene rings is 1. The Morgan fingerprint density at radius 3 is 2.73 bits per heavy atom. The fourth-order valence-corrected chi connectivity index (χ4v) is 2.56. The number of aryl methyl sites for hydroxylation is 1. The molecular formula is C12H9ClOS. The van der Waals surface area contributed by atoms with Crippen molar-refractivity contribution >= 4 is 29.2 Å². The van der Waals surface area contributed by atoms with Gasteiger partial charge in [0.25, 0.3) is 0 Å². The van der Waals surface area contributed by atoms with Gasteiger partial charge in [-0.3, -0.25) is 4.79 Å². The van der Waals surface area contributed by atoms with Crippen molar-refractivity contribution in [2.24, 2.45) is 0 Å². The molecule has 0 unspecified atom stereocenters. The molecule has 1 aromatic heterocycles. The lowest BCUT2D eigenvalue weighted by Gasteiger charge is -1.99. The van der Waals surface area contributed by atoms with Crippen molar-refractivity contribution in [2.75, 3.05) is 0 Å². The number of benzene rings is 1. The molecule has 0 saturated heterocycles. The molecule has 76 valence electrons. The van der Waals surface area contributed by atoms with E-state index < -0.39 is 0 Å². The second-order valence-electron chi connectivity index (χ2n) is 3.25. The van der Waals surface area contributed by atoms with E-state index in [9.17, 15) is 4.79 Å². The monoisotopic (exact) mass is 236 g/mol. The third-order valence-electron chi connectivity index (χ3n) is 2.19. The molecule has 15 heavy (non-hydrogen) atoms. The minimum Gasteiger partial charge on any atom is -0.297 e. The Labute approximate surface area is 97.3 Å². The van der Waals surface area contributed by atoms with Crippen LogP contribution in [0.3, 0.4) is 0 Å². The molecule has 0 saturated carbocycles. The van der Waals surface area contributed by atoms with Gasteiger partial charge in [0.15, 0.2) is 6.29 Å². The number of aldehydes is 1. The smallest absolute Gasteiger partial charge is 0.160 e. The average Bonchev–Trinajstić information content (AvgIpc) is 2.60. The SMILES string of the molecule is Cc1sc(C=O)cc1-c1cccc(Cl)c1. The predicted octanol–water partition coefficient (Wildman–Crippen LogP) is 4.19. The van der Waals surface area contributed by atoms with E-state index in [1.807, 2.05) is 37.3 Å². The van der Waals surface area contributed by atoms with E-state index in [2.05, 4.69) is 0 Å². The molecule has 0 aliphatic rings. The molecule has 0 N–H and O–H groups in total. The first-order valence-corrected chi connectivity index (χ1v) is 5.71. The highest BCUT2D eigenvalue weighted by Gasteiger charge is 2.07. The van der Waals surface area contributed by atoms with Gasteiger partial charge in [0, 0.05) is 9.90 Å². The second-order valence-corrected chi connectivity index (χ2v) is 4.97. The van der Waals surface area contributed by atoms with Gasteiger partial charge in [0.2, 0.25) is 0 Å². The van der Waals surface area contributed by atoms with E-state index in [1.165, 1.54) is 11.3 Å². The van der Waals surface area contributed by atoms with Crippen LogP contribution in [0, 0.1) is 6.92 Å². The summed E-state index contributed by atoms with van der Waals surface area (Å²) in [5, 5.41) is 0.714. The Balaban J connectivity index is 2.53. The quantitative estimate of drug-likeness (QED) is 0.715. The molecule has 1 heterocycles. The van der Waals surface area contributed by atoms with E-state index in [-0.39, 0.29) is 0 Å². The van der Waals surface area contributed by atoms with Crippen LogP contribution in [0.25, 0.3) is 11.1 Å². The van der Waals surface area contributed by atoms with Crippen LogP contribution in [0.15, 0.2) is 30.3 Å². The Morgan fingerprint density at radius 2 is 2.13 bits per heavy atom. The maximum Gasteiger partial charge on any atom is 0.160 e. The van der Waals surface area contributed by atoms with E-state index >= 15 is 0 Å². The number of hydrogen-bond acceptors (Lipinski definition) is 2. The molecule has 0 radical (unpaired) electrons. The van der Waals surface area contributed by atoms with Crippen LogP contribution >= 0.6 is 22.9 Å². The lowest BCUT2D eigenvalue weighted by atomic mass is 10.1. The minimum atomic E-state index is 0.714. The van der Waals surface area contributed by atoms with Gasteiger partial charge in [-0.15, -0.1) is 11.3 Å². The molecule has 0 bridgehead atoms. The van der Waals surface area contributed by atoms with Gasteiger partial charge in [-0.25, -0.2) is 0 Å². The van der Waals surface area contributed by atoms with Gasteiger partial charge in [0.05, 0.1) is 4.88 Å². The lowest BCUT2D eigenvalue weighted by Crippen LogP contribution is -1.76. The van der Waals surface area contributed by atoms with E-state index in [0.29, 0.717) is 5.02 Å². The highest BCUT2D eigenvalue weighted by atomic mass is 35.5. The van der Waals surface area contributed by atoms with Crippen molar-refractivity contribution in [3.05, 3.63) is 45.1 Å². The van der Waals surface area contributed by atoms with Crippen LogP contribution in [0.5, 0.6) is 0 Å². The number of hydrogen-bond donors (Lipinski definition) is 0. The maximum absolute atomic E-state index is 10.7. The standard InChI is InChI=1S/C12H9ClOS/c1-8-12(6-11(7-14)15-8)9-3-2-4-10(13)5-9/h2-7H,1H3. The number of carbonyl (C=O) groups excluding carboxylic acids is 1. The molecule has 2 rings (SSSR count). The van der Waals surface area contributed by atoms with Crippen molar-refractivity contribution in [3.8, 4) is 11.1 Å². The fraction of sp³-hybridized carbons (Fsp3) is 0.0833. The maximum atomic E-state index is 10.7. The third kappa shape index (κ3) is 2.11. The highest BCUT2D eigenvalue weighted by Crippen LogP contribution is 2.31. The molecule has 0 fully saturated rings. The molecule has 0 aliphatic carbocycles. The van der Waals surface area contributed by atoms with Crippen molar-refractivity contribution in [3.63, 3.8) is 0 Å². The third-order valence-corrected chi connectivity index (χ3v) is 3.40. The molecular weight excluding hydrogens is 228 g/mol. The Kier molecular flexibility index (Phi) is 2.89. The van der Waals surface area contributed by atoms with Gasteiger partial charge in [-0.1, -0.05) is 23.7 Å². The zero-order valence-electron chi connectivity index (χ0n) is 8.16. The molecule has 2 aromatic rings. The summed E-state index contributed by atoms with van der Waals surface area (Å²) < 4.78 is 0. The minimum absolute atomic E-state index is 0.714. The van der Waals surface area contributed by atoms with Crippen LogP contribution in [0.4, 0.5) is 0 Å². The van der Waals surface area contributed by atoms with Crippen molar-refractivity contribution in [1.29, 1.82) is 0 Å². The average molecular weight is 237 g/mol. The summed E-state index contributed by atoms with van der Waals surface area (Å²) >= 11 is 7.43. The second kappa shape index (κ2) is 4.17. The highest BCUT2D eigenvalue weighted by molar-refractivity contribution is 7.14. The van der Waals surface area contributed by atoms with Crippen molar-refractivity contribution < 1.29 is 4.79 Å². The summed E-state index contributed by atoms with van der Waals surface area (Å²) in [6, 6.07) is 9.56. The molecule has 0 aliphatic heterocycles. The number of halogens is 1. The van der Waals surface area contributed by atoms with Crippen molar-refractivity contribution in [1.82, 2.24) is 0 Å².